The molecule has 2 aromatic rings. The fraction of sp³-hybridized carbons (Fsp3) is 0.500. The normalized spacial score (nSPS) is 16.9. The molecule has 3 rings (SSSR count). The van der Waals surface area contributed by atoms with Gasteiger partial charge in [0.05, 0.1) is 18.1 Å². The second kappa shape index (κ2) is 4.74. The fourth-order valence-corrected chi connectivity index (χ4v) is 2.90. The molecule has 0 atom stereocenters. The number of ether oxygens (including phenoxy) is 1. The number of methoxy groups -OCH3 is 1. The summed E-state index contributed by atoms with van der Waals surface area (Å²) in [7, 11) is 1.65. The number of piperidine rings is 1. The van der Waals surface area contributed by atoms with E-state index in [0.29, 0.717) is 0 Å². The van der Waals surface area contributed by atoms with Crippen molar-refractivity contribution in [3.63, 3.8) is 0 Å². The highest BCUT2D eigenvalue weighted by molar-refractivity contribution is 5.78. The van der Waals surface area contributed by atoms with E-state index in [4.69, 9.17) is 4.74 Å². The number of imidazole rings is 1. The monoisotopic (exact) mass is 261 g/mol. The van der Waals surface area contributed by atoms with E-state index in [2.05, 4.69) is 10.3 Å². The van der Waals surface area contributed by atoms with Crippen LogP contribution in [0.5, 0.6) is 5.75 Å². The van der Waals surface area contributed by atoms with Gasteiger partial charge in [0, 0.05) is 12.1 Å². The average Bonchev–Trinajstić information content (AvgIpc) is 2.74. The minimum Gasteiger partial charge on any atom is -0.496 e. The van der Waals surface area contributed by atoms with E-state index >= 15 is 0 Å². The highest BCUT2D eigenvalue weighted by Crippen LogP contribution is 2.27. The zero-order chi connectivity index (χ0) is 13.4. The van der Waals surface area contributed by atoms with Crippen molar-refractivity contribution in [3.05, 3.63) is 28.2 Å². The maximum Gasteiger partial charge on any atom is 0.326 e. The SMILES string of the molecule is COc1cc2[nH]c(=O)n(C3CCNCC3)c2cc1C. The van der Waals surface area contributed by atoms with Crippen LogP contribution in [0.3, 0.4) is 0 Å². The number of aryl methyl sites for hydroxylation is 1. The van der Waals surface area contributed by atoms with Crippen LogP contribution >= 0.6 is 0 Å². The predicted molar refractivity (Wildman–Crippen MR) is 75.0 cm³/mol. The van der Waals surface area contributed by atoms with Gasteiger partial charge in [-0.15, -0.1) is 0 Å². The van der Waals surface area contributed by atoms with Gasteiger partial charge in [-0.3, -0.25) is 4.57 Å². The van der Waals surface area contributed by atoms with E-state index in [9.17, 15) is 4.79 Å². The molecular weight excluding hydrogens is 242 g/mol. The van der Waals surface area contributed by atoms with Crippen LogP contribution in [-0.2, 0) is 0 Å². The van der Waals surface area contributed by atoms with Crippen molar-refractivity contribution in [3.8, 4) is 5.75 Å². The minimum atomic E-state index is -0.0189. The Bertz CT molecular complexity index is 650. The maximum absolute atomic E-state index is 12.2. The number of aromatic nitrogens is 2. The summed E-state index contributed by atoms with van der Waals surface area (Å²) in [5.74, 6) is 0.811. The Morgan fingerprint density at radius 3 is 2.74 bits per heavy atom. The highest BCUT2D eigenvalue weighted by atomic mass is 16.5. The number of H-pyrrole nitrogens is 1. The van der Waals surface area contributed by atoms with Crippen LogP contribution in [0.1, 0.15) is 24.4 Å². The van der Waals surface area contributed by atoms with Gasteiger partial charge in [0.1, 0.15) is 5.75 Å². The van der Waals surface area contributed by atoms with Crippen molar-refractivity contribution >= 4 is 11.0 Å². The number of hydrogen-bond acceptors (Lipinski definition) is 3. The molecule has 2 heterocycles. The van der Waals surface area contributed by atoms with Gasteiger partial charge >= 0.3 is 5.69 Å². The molecule has 0 aliphatic carbocycles. The number of nitrogens with one attached hydrogen (secondary N) is 2. The summed E-state index contributed by atoms with van der Waals surface area (Å²) in [6.07, 6.45) is 2.00. The quantitative estimate of drug-likeness (QED) is 0.862. The van der Waals surface area contributed by atoms with Crippen molar-refractivity contribution in [2.75, 3.05) is 20.2 Å². The second-order valence-electron chi connectivity index (χ2n) is 5.12. The predicted octanol–water partition coefficient (Wildman–Crippen LogP) is 1.57. The molecule has 102 valence electrons. The molecule has 0 radical (unpaired) electrons. The summed E-state index contributed by atoms with van der Waals surface area (Å²) < 4.78 is 7.21. The van der Waals surface area contributed by atoms with Crippen LogP contribution in [0.15, 0.2) is 16.9 Å². The number of aromatic amines is 1. The van der Waals surface area contributed by atoms with Crippen LogP contribution < -0.4 is 15.7 Å². The topological polar surface area (TPSA) is 59.1 Å². The van der Waals surface area contributed by atoms with E-state index < -0.39 is 0 Å². The molecule has 0 amide bonds. The molecule has 1 aromatic carbocycles. The Labute approximate surface area is 111 Å². The van der Waals surface area contributed by atoms with E-state index in [-0.39, 0.29) is 11.7 Å². The molecule has 1 aliphatic rings. The lowest BCUT2D eigenvalue weighted by Gasteiger charge is -2.24. The van der Waals surface area contributed by atoms with Crippen molar-refractivity contribution in [2.45, 2.75) is 25.8 Å². The summed E-state index contributed by atoms with van der Waals surface area (Å²) in [4.78, 5) is 15.1. The standard InChI is InChI=1S/C14H19N3O2/c1-9-7-12-11(8-13(9)19-2)16-14(18)17(12)10-3-5-15-6-4-10/h7-8,10,15H,3-6H2,1-2H3,(H,16,18). The summed E-state index contributed by atoms with van der Waals surface area (Å²) in [5, 5.41) is 3.33. The molecule has 0 bridgehead atoms. The highest BCUT2D eigenvalue weighted by Gasteiger charge is 2.20. The van der Waals surface area contributed by atoms with Crippen LogP contribution in [0.2, 0.25) is 0 Å². The lowest BCUT2D eigenvalue weighted by atomic mass is 10.1. The van der Waals surface area contributed by atoms with Crippen molar-refractivity contribution in [2.24, 2.45) is 0 Å². The lowest BCUT2D eigenvalue weighted by molar-refractivity contribution is 0.368. The molecular formula is C14H19N3O2. The molecule has 19 heavy (non-hydrogen) atoms. The van der Waals surface area contributed by atoms with Gasteiger partial charge in [-0.2, -0.15) is 0 Å². The number of hydrogen-bond donors (Lipinski definition) is 2. The summed E-state index contributed by atoms with van der Waals surface area (Å²) in [6, 6.07) is 4.23. The Morgan fingerprint density at radius 2 is 2.05 bits per heavy atom. The lowest BCUT2D eigenvalue weighted by Crippen LogP contribution is -2.33. The van der Waals surface area contributed by atoms with Gasteiger partial charge in [-0.05, 0) is 44.5 Å². The Balaban J connectivity index is 2.16. The first-order valence-corrected chi connectivity index (χ1v) is 6.70. The van der Waals surface area contributed by atoms with Gasteiger partial charge in [0.25, 0.3) is 0 Å². The molecule has 0 unspecified atom stereocenters. The van der Waals surface area contributed by atoms with Crippen LogP contribution in [0.4, 0.5) is 0 Å². The Hall–Kier alpha value is -1.75. The molecule has 0 spiro atoms. The number of rotatable bonds is 2. The Kier molecular flexibility index (Phi) is 3.06. The molecule has 5 nitrogen and oxygen atoms in total. The molecule has 2 N–H and O–H groups in total. The number of nitrogens with zero attached hydrogens (tertiary/aromatic N) is 1. The molecule has 0 saturated carbocycles. The second-order valence-corrected chi connectivity index (χ2v) is 5.12. The first kappa shape index (κ1) is 12.3. The summed E-state index contributed by atoms with van der Waals surface area (Å²) in [5.41, 5.74) is 2.87. The van der Waals surface area contributed by atoms with Crippen molar-refractivity contribution in [1.82, 2.24) is 14.9 Å². The van der Waals surface area contributed by atoms with Gasteiger partial charge in [-0.1, -0.05) is 0 Å². The van der Waals surface area contributed by atoms with Crippen LogP contribution in [-0.4, -0.2) is 29.8 Å². The van der Waals surface area contributed by atoms with Gasteiger partial charge < -0.3 is 15.0 Å². The average molecular weight is 261 g/mol. The summed E-state index contributed by atoms with van der Waals surface area (Å²) in [6.45, 7) is 3.94. The third kappa shape index (κ3) is 2.04. The van der Waals surface area contributed by atoms with E-state index in [1.165, 1.54) is 0 Å². The molecule has 1 fully saturated rings. The third-order valence-electron chi connectivity index (χ3n) is 3.91. The fourth-order valence-electron chi connectivity index (χ4n) is 2.90. The maximum atomic E-state index is 12.2. The van der Waals surface area contributed by atoms with Gasteiger partial charge in [-0.25, -0.2) is 4.79 Å². The minimum absolute atomic E-state index is 0.0189. The van der Waals surface area contributed by atoms with E-state index in [1.54, 1.807) is 7.11 Å². The Morgan fingerprint density at radius 1 is 1.32 bits per heavy atom. The zero-order valence-corrected chi connectivity index (χ0v) is 11.3. The largest absolute Gasteiger partial charge is 0.496 e. The van der Waals surface area contributed by atoms with Gasteiger partial charge in [0.2, 0.25) is 0 Å². The third-order valence-corrected chi connectivity index (χ3v) is 3.91. The first-order valence-electron chi connectivity index (χ1n) is 6.70. The molecule has 5 heteroatoms. The number of benzene rings is 1. The molecule has 1 aliphatic heterocycles. The zero-order valence-electron chi connectivity index (χ0n) is 11.3. The molecule has 1 aromatic heterocycles. The first-order chi connectivity index (χ1) is 9.20. The number of fused-ring (bicyclic) bond motifs is 1. The van der Waals surface area contributed by atoms with Crippen molar-refractivity contribution in [1.29, 1.82) is 0 Å². The smallest absolute Gasteiger partial charge is 0.326 e. The molecule has 1 saturated heterocycles. The van der Waals surface area contributed by atoms with Gasteiger partial charge in [0.15, 0.2) is 0 Å². The van der Waals surface area contributed by atoms with Crippen molar-refractivity contribution < 1.29 is 4.74 Å². The van der Waals surface area contributed by atoms with E-state index in [0.717, 1.165) is 48.3 Å². The summed E-state index contributed by atoms with van der Waals surface area (Å²) >= 11 is 0. The van der Waals surface area contributed by atoms with E-state index in [1.807, 2.05) is 23.6 Å². The van der Waals surface area contributed by atoms with Crippen LogP contribution in [0, 0.1) is 6.92 Å². The van der Waals surface area contributed by atoms with Crippen LogP contribution in [0.25, 0.3) is 11.0 Å².